The Labute approximate surface area is 199 Å². The Morgan fingerprint density at radius 3 is 2.29 bits per heavy atom. The van der Waals surface area contributed by atoms with Crippen molar-refractivity contribution in [3.8, 4) is 0 Å². The fourth-order valence-electron chi connectivity index (χ4n) is 3.64. The van der Waals surface area contributed by atoms with E-state index in [2.05, 4.69) is 9.82 Å². The predicted molar refractivity (Wildman–Crippen MR) is 130 cm³/mol. The van der Waals surface area contributed by atoms with Crippen LogP contribution in [0.5, 0.6) is 0 Å². The second kappa shape index (κ2) is 9.19. The standard InChI is InChI=1S/C24H24FN3O4S2/c1-3-33(29,30)27-21-13-11-18(12-14-21)23-16-24(19-9-7-17(2)8-10-19)28(26-23)34(31,32)22-6-4-5-20(25)15-22/h4-15,24,27H,3,16H2,1-2H3/t24-/m1/s1. The van der Waals surface area contributed by atoms with Gasteiger partial charge in [-0.25, -0.2) is 12.8 Å². The molecule has 1 aliphatic rings. The zero-order chi connectivity index (χ0) is 24.5. The van der Waals surface area contributed by atoms with Crippen molar-refractivity contribution in [2.24, 2.45) is 5.10 Å². The molecule has 1 atom stereocenters. The van der Waals surface area contributed by atoms with Crippen LogP contribution in [-0.2, 0) is 20.0 Å². The molecular formula is C24H24FN3O4S2. The number of aryl methyl sites for hydroxylation is 1. The Balaban J connectivity index is 1.72. The molecule has 1 heterocycles. The number of rotatable bonds is 7. The molecular weight excluding hydrogens is 477 g/mol. The van der Waals surface area contributed by atoms with Crippen LogP contribution in [0.25, 0.3) is 0 Å². The van der Waals surface area contributed by atoms with E-state index >= 15 is 0 Å². The molecule has 0 spiro atoms. The Morgan fingerprint density at radius 2 is 1.68 bits per heavy atom. The molecule has 4 rings (SSSR count). The molecule has 3 aromatic rings. The molecule has 0 aliphatic carbocycles. The highest BCUT2D eigenvalue weighted by molar-refractivity contribution is 7.92. The number of hydrazone groups is 1. The van der Waals surface area contributed by atoms with E-state index in [1.54, 1.807) is 31.2 Å². The van der Waals surface area contributed by atoms with Crippen LogP contribution in [0.15, 0.2) is 82.8 Å². The highest BCUT2D eigenvalue weighted by atomic mass is 32.2. The molecule has 0 radical (unpaired) electrons. The maximum atomic E-state index is 13.8. The van der Waals surface area contributed by atoms with Crippen LogP contribution in [-0.4, -0.2) is 32.7 Å². The number of hydrogen-bond acceptors (Lipinski definition) is 5. The normalized spacial score (nSPS) is 16.4. The lowest BCUT2D eigenvalue weighted by Crippen LogP contribution is -2.27. The van der Waals surface area contributed by atoms with E-state index in [0.717, 1.165) is 21.6 Å². The molecule has 0 fully saturated rings. The van der Waals surface area contributed by atoms with Gasteiger partial charge < -0.3 is 0 Å². The number of sulfonamides is 2. The van der Waals surface area contributed by atoms with Gasteiger partial charge in [-0.15, -0.1) is 0 Å². The maximum absolute atomic E-state index is 13.8. The van der Waals surface area contributed by atoms with E-state index in [9.17, 15) is 21.2 Å². The Bertz CT molecular complexity index is 1440. The summed E-state index contributed by atoms with van der Waals surface area (Å²) in [5, 5.41) is 4.44. The van der Waals surface area contributed by atoms with Gasteiger partial charge in [0.2, 0.25) is 10.0 Å². The first-order valence-electron chi connectivity index (χ1n) is 10.6. The molecule has 0 saturated heterocycles. The molecule has 1 N–H and O–H groups in total. The number of nitrogens with one attached hydrogen (secondary N) is 1. The largest absolute Gasteiger partial charge is 0.284 e. The second-order valence-electron chi connectivity index (χ2n) is 8.00. The van der Waals surface area contributed by atoms with Crippen molar-refractivity contribution in [2.45, 2.75) is 31.2 Å². The maximum Gasteiger partial charge on any atom is 0.279 e. The van der Waals surface area contributed by atoms with Crippen LogP contribution < -0.4 is 4.72 Å². The van der Waals surface area contributed by atoms with Gasteiger partial charge >= 0.3 is 0 Å². The topological polar surface area (TPSA) is 95.9 Å². The Kier molecular flexibility index (Phi) is 6.46. The molecule has 1 aliphatic heterocycles. The SMILES string of the molecule is CCS(=O)(=O)Nc1ccc(C2=NN(S(=O)(=O)c3cccc(F)c3)[C@@H](c3ccc(C)cc3)C2)cc1. The lowest BCUT2D eigenvalue weighted by Gasteiger charge is -2.23. The quantitative estimate of drug-likeness (QED) is 0.518. The summed E-state index contributed by atoms with van der Waals surface area (Å²) in [6, 6.07) is 18.3. The number of anilines is 1. The first kappa shape index (κ1) is 23.9. The van der Waals surface area contributed by atoms with Crippen molar-refractivity contribution in [1.82, 2.24) is 4.41 Å². The molecule has 10 heteroatoms. The Morgan fingerprint density at radius 1 is 1.00 bits per heavy atom. The summed E-state index contributed by atoms with van der Waals surface area (Å²) in [5.41, 5.74) is 3.39. The van der Waals surface area contributed by atoms with Gasteiger partial charge in [-0.1, -0.05) is 48.0 Å². The molecule has 0 unspecified atom stereocenters. The van der Waals surface area contributed by atoms with Crippen LogP contribution in [0.1, 0.15) is 36.1 Å². The van der Waals surface area contributed by atoms with Crippen molar-refractivity contribution in [2.75, 3.05) is 10.5 Å². The smallest absolute Gasteiger partial charge is 0.279 e. The molecule has 3 aromatic carbocycles. The van der Waals surface area contributed by atoms with Crippen LogP contribution >= 0.6 is 0 Å². The fourth-order valence-corrected chi connectivity index (χ4v) is 5.74. The lowest BCUT2D eigenvalue weighted by atomic mass is 9.98. The van der Waals surface area contributed by atoms with E-state index in [1.807, 2.05) is 31.2 Å². The summed E-state index contributed by atoms with van der Waals surface area (Å²) < 4.78 is 67.8. The summed E-state index contributed by atoms with van der Waals surface area (Å²) in [4.78, 5) is -0.182. The highest BCUT2D eigenvalue weighted by Gasteiger charge is 2.37. The van der Waals surface area contributed by atoms with Crippen molar-refractivity contribution < 1.29 is 21.2 Å². The third-order valence-corrected chi connectivity index (χ3v) is 8.53. The third kappa shape index (κ3) is 4.97. The van der Waals surface area contributed by atoms with Crippen molar-refractivity contribution in [3.63, 3.8) is 0 Å². The monoisotopic (exact) mass is 501 g/mol. The minimum Gasteiger partial charge on any atom is -0.284 e. The van der Waals surface area contributed by atoms with E-state index < -0.39 is 31.9 Å². The van der Waals surface area contributed by atoms with E-state index in [1.165, 1.54) is 18.2 Å². The first-order valence-corrected chi connectivity index (χ1v) is 13.7. The zero-order valence-electron chi connectivity index (χ0n) is 18.6. The minimum atomic E-state index is -4.13. The van der Waals surface area contributed by atoms with Crippen LogP contribution in [0.3, 0.4) is 0 Å². The van der Waals surface area contributed by atoms with Crippen molar-refractivity contribution in [3.05, 3.63) is 95.3 Å². The first-order chi connectivity index (χ1) is 16.1. The van der Waals surface area contributed by atoms with Gasteiger partial charge in [-0.2, -0.15) is 17.9 Å². The zero-order valence-corrected chi connectivity index (χ0v) is 20.3. The van der Waals surface area contributed by atoms with Gasteiger partial charge in [0.1, 0.15) is 5.82 Å². The van der Waals surface area contributed by atoms with Gasteiger partial charge in [0, 0.05) is 12.1 Å². The van der Waals surface area contributed by atoms with Gasteiger partial charge in [0.25, 0.3) is 10.0 Å². The van der Waals surface area contributed by atoms with E-state index in [4.69, 9.17) is 0 Å². The summed E-state index contributed by atoms with van der Waals surface area (Å²) >= 11 is 0. The molecule has 7 nitrogen and oxygen atoms in total. The van der Waals surface area contributed by atoms with Gasteiger partial charge in [-0.05, 0) is 55.3 Å². The fraction of sp³-hybridized carbons (Fsp3) is 0.208. The van der Waals surface area contributed by atoms with Crippen LogP contribution in [0, 0.1) is 12.7 Å². The summed E-state index contributed by atoms with van der Waals surface area (Å²) in [5.74, 6) is -0.700. The third-order valence-electron chi connectivity index (χ3n) is 5.55. The minimum absolute atomic E-state index is 0.0490. The van der Waals surface area contributed by atoms with Gasteiger partial charge in [-0.3, -0.25) is 4.72 Å². The summed E-state index contributed by atoms with van der Waals surface area (Å²) in [7, 11) is -7.54. The van der Waals surface area contributed by atoms with Crippen LogP contribution in [0.4, 0.5) is 10.1 Å². The van der Waals surface area contributed by atoms with Crippen molar-refractivity contribution in [1.29, 1.82) is 0 Å². The number of hydrogen-bond donors (Lipinski definition) is 1. The molecule has 0 bridgehead atoms. The van der Waals surface area contributed by atoms with Gasteiger partial charge in [0.05, 0.1) is 22.4 Å². The molecule has 0 amide bonds. The predicted octanol–water partition coefficient (Wildman–Crippen LogP) is 4.44. The lowest BCUT2D eigenvalue weighted by molar-refractivity contribution is 0.371. The number of nitrogens with zero attached hydrogens (tertiary/aromatic N) is 2. The van der Waals surface area contributed by atoms with E-state index in [-0.39, 0.29) is 10.6 Å². The van der Waals surface area contributed by atoms with Crippen molar-refractivity contribution >= 4 is 31.4 Å². The molecule has 178 valence electrons. The molecule has 34 heavy (non-hydrogen) atoms. The molecule has 0 saturated carbocycles. The Hall–Kier alpha value is -3.24. The number of benzene rings is 3. The summed E-state index contributed by atoms with van der Waals surface area (Å²) in [6.45, 7) is 3.48. The average Bonchev–Trinajstić information content (AvgIpc) is 3.26. The molecule has 0 aromatic heterocycles. The average molecular weight is 502 g/mol. The number of halogens is 1. The highest BCUT2D eigenvalue weighted by Crippen LogP contribution is 2.37. The van der Waals surface area contributed by atoms with Gasteiger partial charge in [0.15, 0.2) is 0 Å². The second-order valence-corrected chi connectivity index (χ2v) is 11.8. The summed E-state index contributed by atoms with van der Waals surface area (Å²) in [6.07, 6.45) is 0.303. The van der Waals surface area contributed by atoms with Crippen LogP contribution in [0.2, 0.25) is 0 Å². The van der Waals surface area contributed by atoms with E-state index in [0.29, 0.717) is 23.4 Å².